The van der Waals surface area contributed by atoms with Gasteiger partial charge in [0, 0.05) is 25.0 Å². The highest BCUT2D eigenvalue weighted by Gasteiger charge is 2.31. The number of benzene rings is 1. The Morgan fingerprint density at radius 3 is 2.62 bits per heavy atom. The van der Waals surface area contributed by atoms with Gasteiger partial charge in [0.05, 0.1) is 30.4 Å². The molecule has 170 valence electrons. The van der Waals surface area contributed by atoms with E-state index in [0.717, 1.165) is 12.1 Å². The summed E-state index contributed by atoms with van der Waals surface area (Å²) in [7, 11) is 0. The smallest absolute Gasteiger partial charge is 0.399 e. The van der Waals surface area contributed by atoms with Crippen LogP contribution in [-0.2, 0) is 10.9 Å². The summed E-state index contributed by atoms with van der Waals surface area (Å²) in [6, 6.07) is 4.59. The molecule has 0 unspecified atom stereocenters. The van der Waals surface area contributed by atoms with Crippen molar-refractivity contribution in [3.8, 4) is 0 Å². The van der Waals surface area contributed by atoms with Crippen LogP contribution in [0.5, 0.6) is 0 Å². The highest BCUT2D eigenvalue weighted by molar-refractivity contribution is 5.96. The van der Waals surface area contributed by atoms with Gasteiger partial charge >= 0.3 is 6.18 Å². The highest BCUT2D eigenvalue weighted by Crippen LogP contribution is 2.33. The molecule has 0 saturated carbocycles. The number of nitrogens with zero attached hydrogens (tertiary/aromatic N) is 4. The maximum absolute atomic E-state index is 13.2. The fraction of sp³-hybridized carbons (Fsp3) is 0.381. The van der Waals surface area contributed by atoms with Crippen LogP contribution >= 0.6 is 0 Å². The molecular weight excluding hydrogens is 425 g/mol. The second kappa shape index (κ2) is 8.30. The Bertz CT molecular complexity index is 1150. The number of alkyl halides is 3. The van der Waals surface area contributed by atoms with Gasteiger partial charge in [0.1, 0.15) is 11.3 Å². The normalized spacial score (nSPS) is 15.7. The van der Waals surface area contributed by atoms with Crippen LogP contribution < -0.4 is 11.1 Å². The van der Waals surface area contributed by atoms with Crippen molar-refractivity contribution in [3.63, 3.8) is 0 Å². The van der Waals surface area contributed by atoms with E-state index in [2.05, 4.69) is 15.4 Å². The van der Waals surface area contributed by atoms with Crippen LogP contribution in [0.25, 0.3) is 5.52 Å². The summed E-state index contributed by atoms with van der Waals surface area (Å²) in [4.78, 5) is 19.0. The Balaban J connectivity index is 1.65. The molecule has 0 radical (unpaired) electrons. The zero-order valence-electron chi connectivity index (χ0n) is 17.6. The second-order valence-corrected chi connectivity index (χ2v) is 7.72. The molecule has 1 amide bonds. The van der Waals surface area contributed by atoms with E-state index in [4.69, 9.17) is 10.5 Å². The van der Waals surface area contributed by atoms with Crippen molar-refractivity contribution in [1.29, 1.82) is 0 Å². The summed E-state index contributed by atoms with van der Waals surface area (Å²) in [5.41, 5.74) is 6.26. The first-order valence-corrected chi connectivity index (χ1v) is 10.1. The first-order valence-electron chi connectivity index (χ1n) is 10.1. The molecule has 1 fully saturated rings. The van der Waals surface area contributed by atoms with Gasteiger partial charge in [0.25, 0.3) is 5.91 Å². The maximum atomic E-state index is 13.2. The fourth-order valence-corrected chi connectivity index (χ4v) is 3.66. The third-order valence-corrected chi connectivity index (χ3v) is 5.27. The van der Waals surface area contributed by atoms with E-state index < -0.39 is 17.8 Å². The van der Waals surface area contributed by atoms with E-state index in [0.29, 0.717) is 54.6 Å². The van der Waals surface area contributed by atoms with E-state index in [1.165, 1.54) is 6.07 Å². The van der Waals surface area contributed by atoms with Crippen molar-refractivity contribution in [2.45, 2.75) is 26.1 Å². The molecule has 4 rings (SSSR count). The van der Waals surface area contributed by atoms with Crippen molar-refractivity contribution >= 4 is 22.9 Å². The molecule has 1 saturated heterocycles. The van der Waals surface area contributed by atoms with Crippen LogP contribution in [0.2, 0.25) is 0 Å². The molecule has 3 N–H and O–H groups in total. The molecule has 1 aromatic carbocycles. The molecule has 1 aliphatic heterocycles. The Labute approximate surface area is 182 Å². The van der Waals surface area contributed by atoms with Gasteiger partial charge in [-0.1, -0.05) is 0 Å². The third kappa shape index (κ3) is 4.47. The number of aryl methyl sites for hydroxylation is 1. The van der Waals surface area contributed by atoms with Gasteiger partial charge in [-0.15, -0.1) is 0 Å². The van der Waals surface area contributed by atoms with Crippen molar-refractivity contribution in [1.82, 2.24) is 19.5 Å². The Morgan fingerprint density at radius 2 is 1.94 bits per heavy atom. The molecule has 32 heavy (non-hydrogen) atoms. The number of hydrogen-bond acceptors (Lipinski definition) is 6. The number of aromatic nitrogens is 3. The number of halogens is 3. The average molecular weight is 448 g/mol. The number of ether oxygens (including phenoxy) is 1. The van der Waals surface area contributed by atoms with E-state index >= 15 is 0 Å². The highest BCUT2D eigenvalue weighted by atomic mass is 19.4. The molecule has 3 heterocycles. The fourth-order valence-electron chi connectivity index (χ4n) is 3.66. The molecule has 1 atom stereocenters. The summed E-state index contributed by atoms with van der Waals surface area (Å²) in [6.45, 7) is 5.40. The van der Waals surface area contributed by atoms with Crippen molar-refractivity contribution < 1.29 is 22.7 Å². The number of nitrogens with one attached hydrogen (secondary N) is 1. The summed E-state index contributed by atoms with van der Waals surface area (Å²) in [5.74, 6) is 0.708. The van der Waals surface area contributed by atoms with Gasteiger partial charge in [-0.25, -0.2) is 9.50 Å². The predicted octanol–water partition coefficient (Wildman–Crippen LogP) is 3.28. The van der Waals surface area contributed by atoms with Crippen LogP contribution in [0.3, 0.4) is 0 Å². The first kappa shape index (κ1) is 21.9. The van der Waals surface area contributed by atoms with E-state index in [9.17, 15) is 18.0 Å². The summed E-state index contributed by atoms with van der Waals surface area (Å²) >= 11 is 0. The quantitative estimate of drug-likeness (QED) is 0.595. The Hall–Kier alpha value is -3.34. The summed E-state index contributed by atoms with van der Waals surface area (Å²) < 4.78 is 46.4. The minimum atomic E-state index is -4.50. The molecule has 0 bridgehead atoms. The molecule has 11 heteroatoms. The Morgan fingerprint density at radius 1 is 1.22 bits per heavy atom. The Kier molecular flexibility index (Phi) is 5.68. The molecule has 3 aromatic rings. The van der Waals surface area contributed by atoms with Crippen LogP contribution in [0.15, 0.2) is 30.5 Å². The summed E-state index contributed by atoms with van der Waals surface area (Å²) in [6.07, 6.45) is -2.88. The molecule has 2 aromatic heterocycles. The average Bonchev–Trinajstić information content (AvgIpc) is 3.17. The number of carbonyl (C=O) groups excluding carboxylic acids is 1. The van der Waals surface area contributed by atoms with Crippen LogP contribution in [0.1, 0.15) is 40.3 Å². The lowest BCUT2D eigenvalue weighted by Crippen LogP contribution is -2.40. The van der Waals surface area contributed by atoms with Crippen LogP contribution in [-0.4, -0.2) is 51.7 Å². The minimum Gasteiger partial charge on any atom is -0.399 e. The lowest BCUT2D eigenvalue weighted by Gasteiger charge is -2.26. The largest absolute Gasteiger partial charge is 0.416 e. The number of fused-ring (bicyclic) bond motifs is 1. The lowest BCUT2D eigenvalue weighted by molar-refractivity contribution is -0.137. The van der Waals surface area contributed by atoms with Crippen molar-refractivity contribution in [3.05, 3.63) is 53.0 Å². The number of hydrogen-bond donors (Lipinski definition) is 2. The number of morpholine rings is 1. The first-order chi connectivity index (χ1) is 15.1. The summed E-state index contributed by atoms with van der Waals surface area (Å²) in [5, 5.41) is 7.47. The number of anilines is 2. The van der Waals surface area contributed by atoms with E-state index in [1.807, 2.05) is 0 Å². The molecule has 0 aliphatic carbocycles. The number of nitrogens with two attached hydrogens (primary N) is 1. The topological polar surface area (TPSA) is 97.8 Å². The third-order valence-electron chi connectivity index (χ3n) is 5.27. The maximum Gasteiger partial charge on any atom is 0.416 e. The van der Waals surface area contributed by atoms with Gasteiger partial charge in [0.15, 0.2) is 5.82 Å². The minimum absolute atomic E-state index is 0.0218. The lowest BCUT2D eigenvalue weighted by atomic mass is 10.0. The SMILES string of the molecule is Cc1nc(N[C@H](C)c2cc(N)cc(C(F)(F)F)c2)c2cc(C(=O)N3CCOCC3)cn2n1. The van der Waals surface area contributed by atoms with Gasteiger partial charge in [-0.05, 0) is 43.7 Å². The van der Waals surface area contributed by atoms with Gasteiger partial charge in [0.2, 0.25) is 0 Å². The predicted molar refractivity (Wildman–Crippen MR) is 112 cm³/mol. The number of rotatable bonds is 4. The number of carbonyl (C=O) groups is 1. The van der Waals surface area contributed by atoms with Gasteiger partial charge < -0.3 is 20.7 Å². The number of amides is 1. The monoisotopic (exact) mass is 448 g/mol. The molecule has 8 nitrogen and oxygen atoms in total. The zero-order valence-corrected chi connectivity index (χ0v) is 17.6. The molecule has 0 spiro atoms. The zero-order chi connectivity index (χ0) is 23.0. The van der Waals surface area contributed by atoms with Crippen LogP contribution in [0.4, 0.5) is 24.7 Å². The van der Waals surface area contributed by atoms with E-state index in [1.54, 1.807) is 35.5 Å². The van der Waals surface area contributed by atoms with Crippen LogP contribution in [0, 0.1) is 6.92 Å². The molecule has 1 aliphatic rings. The van der Waals surface area contributed by atoms with Gasteiger partial charge in [-0.2, -0.15) is 18.3 Å². The standard InChI is InChI=1S/C21H23F3N6O2/c1-12(14-7-16(21(22,23)24)10-17(25)8-14)26-19-18-9-15(11-30(18)28-13(2)27-19)20(31)29-3-5-32-6-4-29/h7-12H,3-6,25H2,1-2H3,(H,26,27,28)/t12-/m1/s1. The van der Waals surface area contributed by atoms with Crippen molar-refractivity contribution in [2.75, 3.05) is 37.4 Å². The second-order valence-electron chi connectivity index (χ2n) is 7.72. The van der Waals surface area contributed by atoms with E-state index in [-0.39, 0.29) is 11.6 Å². The number of nitrogen functional groups attached to an aromatic ring is 1. The van der Waals surface area contributed by atoms with Crippen molar-refractivity contribution in [2.24, 2.45) is 0 Å². The molecular formula is C21H23F3N6O2. The van der Waals surface area contributed by atoms with Gasteiger partial charge in [-0.3, -0.25) is 4.79 Å².